The summed E-state index contributed by atoms with van der Waals surface area (Å²) in [5.74, 6) is -1.32. The number of carbonyl (C=O) groups is 2. The third-order valence-electron chi connectivity index (χ3n) is 0.858. The van der Waals surface area contributed by atoms with Crippen LogP contribution in [-0.4, -0.2) is 66.5 Å². The maximum atomic E-state index is 10.3. The van der Waals surface area contributed by atoms with Gasteiger partial charge in [0.25, 0.3) is 0 Å². The van der Waals surface area contributed by atoms with Gasteiger partial charge in [-0.05, 0) is 0 Å². The summed E-state index contributed by atoms with van der Waals surface area (Å²) in [6, 6.07) is -0.874. The number of amides is 1. The molecule has 0 aliphatic rings. The number of carboxylic acids is 1. The van der Waals surface area contributed by atoms with Gasteiger partial charge < -0.3 is 16.6 Å². The van der Waals surface area contributed by atoms with Gasteiger partial charge >= 0.3 is 43.7 Å². The first-order valence-electron chi connectivity index (χ1n) is 2.68. The predicted octanol–water partition coefficient (Wildman–Crippen LogP) is -1.25. The number of aliphatic carboxylic acids is 1. The van der Waals surface area contributed by atoms with Gasteiger partial charge in [0, 0.05) is 12.7 Å². The molecule has 1 amide bonds. The molecule has 0 rings (SSSR count). The molecule has 0 aromatic heterocycles. The summed E-state index contributed by atoms with van der Waals surface area (Å²) in [5.41, 5.74) is 0. The first-order chi connectivity index (χ1) is 4.57. The van der Waals surface area contributed by atoms with Crippen LogP contribution < -0.4 is 11.5 Å². The first kappa shape index (κ1) is 18.3. The molecule has 70 valence electrons. The minimum absolute atomic E-state index is 0. The van der Waals surface area contributed by atoms with Crippen molar-refractivity contribution in [3.05, 3.63) is 0 Å². The second kappa shape index (κ2) is 9.60. The number of thiol groups is 1. The van der Waals surface area contributed by atoms with Gasteiger partial charge in [0.2, 0.25) is 5.91 Å². The zero-order valence-corrected chi connectivity index (χ0v) is 7.10. The topological polar surface area (TPSA) is 101 Å². The van der Waals surface area contributed by atoms with Gasteiger partial charge in [0.1, 0.15) is 6.04 Å². The number of carbonyl (C=O) groups excluding carboxylic acids is 1. The maximum absolute atomic E-state index is 10.3. The Kier molecular flexibility index (Phi) is 14.7. The average Bonchev–Trinajstić information content (AvgIpc) is 1.81. The molecule has 0 saturated carbocycles. The van der Waals surface area contributed by atoms with Gasteiger partial charge in [-0.1, -0.05) is 0 Å². The van der Waals surface area contributed by atoms with Crippen LogP contribution in [0.25, 0.3) is 0 Å². The van der Waals surface area contributed by atoms with E-state index in [0.29, 0.717) is 0 Å². The van der Waals surface area contributed by atoms with E-state index in [4.69, 9.17) is 5.11 Å². The van der Waals surface area contributed by atoms with E-state index in [-0.39, 0.29) is 55.5 Å². The van der Waals surface area contributed by atoms with E-state index in [1.165, 1.54) is 6.92 Å². The molecule has 1 unspecified atom stereocenters. The molecule has 0 aliphatic carbocycles. The van der Waals surface area contributed by atoms with Crippen LogP contribution in [-0.2, 0) is 9.59 Å². The molecule has 0 aromatic carbocycles. The Morgan fingerprint density at radius 1 is 1.58 bits per heavy atom. The van der Waals surface area contributed by atoms with E-state index in [0.717, 1.165) is 0 Å². The van der Waals surface area contributed by atoms with Gasteiger partial charge in [-0.15, -0.1) is 0 Å². The van der Waals surface area contributed by atoms with Crippen LogP contribution in [0.2, 0.25) is 0 Å². The summed E-state index contributed by atoms with van der Waals surface area (Å²) in [6.07, 6.45) is 0. The van der Waals surface area contributed by atoms with E-state index in [1.807, 2.05) is 0 Å². The third kappa shape index (κ3) is 8.60. The number of hydrogen-bond acceptors (Lipinski definition) is 4. The van der Waals surface area contributed by atoms with Crippen LogP contribution in [0.1, 0.15) is 6.92 Å². The summed E-state index contributed by atoms with van der Waals surface area (Å²) in [4.78, 5) is 20.5. The standard InChI is InChI=1S/C5H9NO3S.Ca.H3N.2H/c1-3(7)6-4(2-10)5(8)9;;;;/h4,10H,2H2,1H3,(H,6,7)(H,8,9);;1H3;;. The molecule has 0 spiro atoms. The Morgan fingerprint density at radius 3 is 2.08 bits per heavy atom. The van der Waals surface area contributed by atoms with Gasteiger partial charge in [-0.2, -0.15) is 12.6 Å². The molecule has 0 bridgehead atoms. The predicted molar refractivity (Wildman–Crippen MR) is 52.7 cm³/mol. The zero-order valence-electron chi connectivity index (χ0n) is 6.20. The van der Waals surface area contributed by atoms with Crippen LogP contribution in [0, 0.1) is 0 Å². The van der Waals surface area contributed by atoms with E-state index in [1.54, 1.807) is 0 Å². The van der Waals surface area contributed by atoms with Crippen molar-refractivity contribution >= 4 is 62.2 Å². The monoisotopic (exact) mass is 222 g/mol. The Morgan fingerprint density at radius 2 is 2.00 bits per heavy atom. The van der Waals surface area contributed by atoms with E-state index in [2.05, 4.69) is 17.9 Å². The Hall–Kier alpha value is 0.510. The molecular formula is C5H14CaN2O3S. The average molecular weight is 222 g/mol. The SMILES string of the molecule is CC(=O)NC(CS)C(=O)O.N.[CaH2]. The Balaban J connectivity index is -0.000000405. The van der Waals surface area contributed by atoms with Crippen molar-refractivity contribution < 1.29 is 14.7 Å². The molecule has 0 radical (unpaired) electrons. The second-order valence-electron chi connectivity index (χ2n) is 1.77. The van der Waals surface area contributed by atoms with Gasteiger partial charge in [0.05, 0.1) is 0 Å². The minimum atomic E-state index is -1.06. The van der Waals surface area contributed by atoms with Crippen LogP contribution in [0.4, 0.5) is 0 Å². The van der Waals surface area contributed by atoms with Gasteiger partial charge in [-0.25, -0.2) is 4.79 Å². The third-order valence-corrected chi connectivity index (χ3v) is 1.22. The molecule has 0 saturated heterocycles. The molecule has 0 aromatic rings. The van der Waals surface area contributed by atoms with Crippen LogP contribution in [0.15, 0.2) is 0 Å². The van der Waals surface area contributed by atoms with Crippen molar-refractivity contribution in [3.8, 4) is 0 Å². The second-order valence-corrected chi connectivity index (χ2v) is 2.14. The van der Waals surface area contributed by atoms with Crippen LogP contribution in [0.5, 0.6) is 0 Å². The summed E-state index contributed by atoms with van der Waals surface area (Å²) in [5, 5.41) is 10.6. The van der Waals surface area contributed by atoms with E-state index in [9.17, 15) is 9.59 Å². The normalized spacial score (nSPS) is 10.2. The molecule has 0 fully saturated rings. The number of hydrogen-bond donors (Lipinski definition) is 4. The molecular weight excluding hydrogens is 208 g/mol. The van der Waals surface area contributed by atoms with Crippen molar-refractivity contribution in [1.82, 2.24) is 11.5 Å². The molecule has 0 heterocycles. The van der Waals surface area contributed by atoms with Crippen molar-refractivity contribution in [3.63, 3.8) is 0 Å². The fraction of sp³-hybridized carbons (Fsp3) is 0.600. The number of rotatable bonds is 3. The summed E-state index contributed by atoms with van der Waals surface area (Å²) in [7, 11) is 0. The van der Waals surface area contributed by atoms with E-state index < -0.39 is 12.0 Å². The number of nitrogens with one attached hydrogen (secondary N) is 1. The molecule has 5 N–H and O–H groups in total. The van der Waals surface area contributed by atoms with Crippen LogP contribution >= 0.6 is 12.6 Å². The van der Waals surface area contributed by atoms with Crippen molar-refractivity contribution in [2.75, 3.05) is 5.75 Å². The zero-order chi connectivity index (χ0) is 8.15. The van der Waals surface area contributed by atoms with Crippen molar-refractivity contribution in [1.29, 1.82) is 0 Å². The fourth-order valence-electron chi connectivity index (χ4n) is 0.431. The van der Waals surface area contributed by atoms with Gasteiger partial charge in [-0.3, -0.25) is 4.79 Å². The quantitative estimate of drug-likeness (QED) is 0.354. The molecule has 0 aliphatic heterocycles. The van der Waals surface area contributed by atoms with Gasteiger partial charge in [0.15, 0.2) is 0 Å². The molecule has 1 atom stereocenters. The fourth-order valence-corrected chi connectivity index (χ4v) is 0.678. The summed E-state index contributed by atoms with van der Waals surface area (Å²) >= 11 is 3.73. The van der Waals surface area contributed by atoms with Crippen molar-refractivity contribution in [2.45, 2.75) is 13.0 Å². The summed E-state index contributed by atoms with van der Waals surface area (Å²) in [6.45, 7) is 1.26. The molecule has 12 heavy (non-hydrogen) atoms. The van der Waals surface area contributed by atoms with Crippen molar-refractivity contribution in [2.24, 2.45) is 0 Å². The first-order valence-corrected chi connectivity index (χ1v) is 3.32. The van der Waals surface area contributed by atoms with Crippen LogP contribution in [0.3, 0.4) is 0 Å². The summed E-state index contributed by atoms with van der Waals surface area (Å²) < 4.78 is 0. The Labute approximate surface area is 106 Å². The molecule has 7 heteroatoms. The van der Waals surface area contributed by atoms with E-state index >= 15 is 0 Å². The molecule has 5 nitrogen and oxygen atoms in total. The Bertz CT molecular complexity index is 156. The number of carboxylic acid groups (broad SMARTS) is 1.